The fraction of sp³-hybridized carbons (Fsp3) is 0.122. The zero-order valence-corrected chi connectivity index (χ0v) is 27.5. The molecule has 0 aliphatic carbocycles. The van der Waals surface area contributed by atoms with E-state index in [1.807, 2.05) is 39.8 Å². The van der Waals surface area contributed by atoms with Gasteiger partial charge in [-0.3, -0.25) is 0 Å². The number of benzene rings is 6. The van der Waals surface area contributed by atoms with E-state index in [0.717, 1.165) is 34.4 Å². The van der Waals surface area contributed by atoms with Gasteiger partial charge in [0, 0.05) is 27.1 Å². The molecule has 0 fully saturated rings. The minimum Gasteiger partial charge on any atom is -0.309 e. The van der Waals surface area contributed by atoms with Gasteiger partial charge in [0.25, 0.3) is 0 Å². The molecule has 0 N–H and O–H groups in total. The molecule has 8 rings (SSSR count). The highest BCUT2D eigenvalue weighted by Gasteiger charge is 2.41. The van der Waals surface area contributed by atoms with Crippen LogP contribution in [0.5, 0.6) is 0 Å². The average Bonchev–Trinajstić information content (AvgIpc) is 3.56. The zero-order chi connectivity index (χ0) is 36.3. The van der Waals surface area contributed by atoms with E-state index >= 15 is 22.0 Å². The predicted molar refractivity (Wildman–Crippen MR) is 184 cm³/mol. The van der Waals surface area contributed by atoms with Crippen LogP contribution < -0.4 is 0 Å². The number of fused-ring (bicyclic) bond motifs is 6. The van der Waals surface area contributed by atoms with Crippen LogP contribution in [0.1, 0.15) is 27.8 Å². The van der Waals surface area contributed by atoms with Crippen LogP contribution in [-0.4, -0.2) is 9.13 Å². The third kappa shape index (κ3) is 4.76. The topological polar surface area (TPSA) is 9.86 Å². The average molecular weight is 699 g/mol. The summed E-state index contributed by atoms with van der Waals surface area (Å²) < 4.78 is 126. The lowest BCUT2D eigenvalue weighted by Gasteiger charge is -2.25. The molecule has 0 bridgehead atoms. The van der Waals surface area contributed by atoms with Gasteiger partial charge in [0.15, 0.2) is 23.3 Å². The van der Waals surface area contributed by atoms with Crippen molar-refractivity contribution in [3.05, 3.63) is 142 Å². The predicted octanol–water partition coefficient (Wildman–Crippen LogP) is 12.5. The molecule has 10 heteroatoms. The number of rotatable bonds is 3. The number of aromatic nitrogens is 2. The molecule has 8 aromatic rings. The van der Waals surface area contributed by atoms with E-state index in [0.29, 0.717) is 32.6 Å². The number of aryl methyl sites for hydroxylation is 4. The van der Waals surface area contributed by atoms with Crippen molar-refractivity contribution in [1.29, 1.82) is 0 Å². The van der Waals surface area contributed by atoms with E-state index in [9.17, 15) is 13.2 Å². The molecule has 0 amide bonds. The van der Waals surface area contributed by atoms with Crippen LogP contribution in [0.15, 0.2) is 84.9 Å². The van der Waals surface area contributed by atoms with Gasteiger partial charge in [-0.05, 0) is 88.4 Å². The molecule has 0 radical (unpaired) electrons. The van der Waals surface area contributed by atoms with Crippen molar-refractivity contribution in [3.63, 3.8) is 0 Å². The van der Waals surface area contributed by atoms with Gasteiger partial charge in [0.1, 0.15) is 5.56 Å². The molecular formula is C41H26F8N2. The first-order chi connectivity index (χ1) is 24.2. The number of alkyl halides is 3. The van der Waals surface area contributed by atoms with Gasteiger partial charge in [-0.2, -0.15) is 13.2 Å². The highest BCUT2D eigenvalue weighted by molar-refractivity contribution is 6.12. The molecular weight excluding hydrogens is 672 g/mol. The van der Waals surface area contributed by atoms with Crippen molar-refractivity contribution in [2.75, 3.05) is 0 Å². The Morgan fingerprint density at radius 2 is 0.784 bits per heavy atom. The SMILES string of the molecule is Cc1ccc2c(c1)c1cc(C)ccc1n2-c1ccc(-c2c(F)c(F)c(F)c(F)c2F)c(-n2c3ccc(C)cc3c3cc(C)ccc32)c1C(F)(F)F. The minimum absolute atomic E-state index is 0.238. The first-order valence-corrected chi connectivity index (χ1v) is 16.0. The quantitative estimate of drug-likeness (QED) is 0.0988. The number of halogens is 8. The van der Waals surface area contributed by atoms with Gasteiger partial charge >= 0.3 is 6.18 Å². The van der Waals surface area contributed by atoms with Crippen LogP contribution >= 0.6 is 0 Å². The molecule has 0 aliphatic rings. The van der Waals surface area contributed by atoms with Gasteiger partial charge in [-0.15, -0.1) is 0 Å². The molecule has 0 atom stereocenters. The van der Waals surface area contributed by atoms with Gasteiger partial charge in [0.05, 0.1) is 39.0 Å². The lowest BCUT2D eigenvalue weighted by atomic mass is 9.95. The maximum atomic E-state index is 16.0. The summed E-state index contributed by atoms with van der Waals surface area (Å²) >= 11 is 0. The number of hydrogen-bond acceptors (Lipinski definition) is 0. The summed E-state index contributed by atoms with van der Waals surface area (Å²) in [5, 5.41) is 2.43. The van der Waals surface area contributed by atoms with Crippen molar-refractivity contribution in [2.45, 2.75) is 33.9 Å². The Labute approximate surface area is 285 Å². The molecule has 2 aromatic heterocycles. The van der Waals surface area contributed by atoms with Crippen LogP contribution in [0.3, 0.4) is 0 Å². The summed E-state index contributed by atoms with van der Waals surface area (Å²) in [6, 6.07) is 22.8. The van der Waals surface area contributed by atoms with E-state index in [4.69, 9.17) is 0 Å². The second kappa shape index (κ2) is 11.2. The van der Waals surface area contributed by atoms with Crippen LogP contribution in [0.2, 0.25) is 0 Å². The minimum atomic E-state index is -5.22. The van der Waals surface area contributed by atoms with Crippen molar-refractivity contribution >= 4 is 43.6 Å². The van der Waals surface area contributed by atoms with E-state index in [-0.39, 0.29) is 11.0 Å². The highest BCUT2D eigenvalue weighted by atomic mass is 19.4. The third-order valence-corrected chi connectivity index (χ3v) is 9.54. The molecule has 2 nitrogen and oxygen atoms in total. The van der Waals surface area contributed by atoms with E-state index < -0.39 is 63.3 Å². The molecule has 51 heavy (non-hydrogen) atoms. The van der Waals surface area contributed by atoms with Crippen molar-refractivity contribution in [3.8, 4) is 22.5 Å². The smallest absolute Gasteiger partial charge is 0.309 e. The summed E-state index contributed by atoms with van der Waals surface area (Å²) in [5.74, 6) is -11.4. The van der Waals surface area contributed by atoms with Crippen molar-refractivity contribution in [2.24, 2.45) is 0 Å². The molecule has 6 aromatic carbocycles. The largest absolute Gasteiger partial charge is 0.420 e. The van der Waals surface area contributed by atoms with Crippen molar-refractivity contribution in [1.82, 2.24) is 9.13 Å². The first-order valence-electron chi connectivity index (χ1n) is 16.0. The highest BCUT2D eigenvalue weighted by Crippen LogP contribution is 2.49. The fourth-order valence-electron chi connectivity index (χ4n) is 7.32. The third-order valence-electron chi connectivity index (χ3n) is 9.54. The van der Waals surface area contributed by atoms with E-state index in [1.165, 1.54) is 9.13 Å². The van der Waals surface area contributed by atoms with Crippen LogP contribution in [0.25, 0.3) is 66.1 Å². The van der Waals surface area contributed by atoms with Gasteiger partial charge in [-0.1, -0.05) is 46.5 Å². The Morgan fingerprint density at radius 1 is 0.431 bits per heavy atom. The summed E-state index contributed by atoms with van der Waals surface area (Å²) in [7, 11) is 0. The van der Waals surface area contributed by atoms with Crippen LogP contribution in [-0.2, 0) is 6.18 Å². The Balaban J connectivity index is 1.65. The van der Waals surface area contributed by atoms with E-state index in [1.54, 1.807) is 60.7 Å². The molecule has 0 aliphatic heterocycles. The number of hydrogen-bond donors (Lipinski definition) is 0. The molecule has 256 valence electrons. The van der Waals surface area contributed by atoms with Crippen LogP contribution in [0.4, 0.5) is 35.1 Å². The maximum Gasteiger partial charge on any atom is 0.420 e. The first kappa shape index (κ1) is 32.6. The Bertz CT molecular complexity index is 2640. The second-order valence-electron chi connectivity index (χ2n) is 13.1. The molecule has 0 saturated heterocycles. The summed E-state index contributed by atoms with van der Waals surface area (Å²) in [6.07, 6.45) is -5.22. The van der Waals surface area contributed by atoms with E-state index in [2.05, 4.69) is 0 Å². The lowest BCUT2D eigenvalue weighted by Crippen LogP contribution is -2.17. The molecule has 0 spiro atoms. The lowest BCUT2D eigenvalue weighted by molar-refractivity contribution is -0.137. The monoisotopic (exact) mass is 698 g/mol. The molecule has 0 saturated carbocycles. The standard InChI is InChI=1S/C41H26F8N2/c1-19-5-10-28-24(15-19)25-16-20(2)6-11-29(25)50(28)32-14-9-23(33-35(42)37(44)39(46)38(45)36(33)43)40(34(32)41(47,48)49)51-30-12-7-21(3)17-26(30)27-18-22(4)8-13-31(27)51/h5-18H,1-4H3. The van der Waals surface area contributed by atoms with Gasteiger partial charge in [0.2, 0.25) is 5.82 Å². The Hall–Kier alpha value is -5.64. The van der Waals surface area contributed by atoms with Crippen molar-refractivity contribution < 1.29 is 35.1 Å². The zero-order valence-electron chi connectivity index (χ0n) is 27.5. The summed E-state index contributed by atoms with van der Waals surface area (Å²) in [6.45, 7) is 7.35. The molecule has 0 unspecified atom stereocenters. The van der Waals surface area contributed by atoms with Gasteiger partial charge in [-0.25, -0.2) is 22.0 Å². The number of nitrogens with zero attached hydrogens (tertiary/aromatic N) is 2. The maximum absolute atomic E-state index is 16.0. The fourth-order valence-corrected chi connectivity index (χ4v) is 7.32. The Kier molecular flexibility index (Phi) is 7.14. The molecule has 2 heterocycles. The summed E-state index contributed by atoms with van der Waals surface area (Å²) in [4.78, 5) is 0. The second-order valence-corrected chi connectivity index (χ2v) is 13.1. The van der Waals surface area contributed by atoms with Gasteiger partial charge < -0.3 is 9.13 Å². The summed E-state index contributed by atoms with van der Waals surface area (Å²) in [5.41, 5.74) is -0.148. The normalized spacial score (nSPS) is 12.3. The van der Waals surface area contributed by atoms with Crippen LogP contribution in [0, 0.1) is 56.8 Å². The Morgan fingerprint density at radius 3 is 1.16 bits per heavy atom.